The molecule has 1 aromatic carbocycles. The SMILES string of the molecule is CC(C)(C)C(=O)On1cc[n+](CC(=O)c2ccc(Cl)cc2)c1. The maximum absolute atomic E-state index is 12.1. The van der Waals surface area contributed by atoms with Crippen molar-refractivity contribution in [3.05, 3.63) is 53.6 Å². The number of hydrogen-bond acceptors (Lipinski definition) is 3. The van der Waals surface area contributed by atoms with Gasteiger partial charge in [0.1, 0.15) is 6.20 Å². The van der Waals surface area contributed by atoms with Crippen molar-refractivity contribution in [1.29, 1.82) is 0 Å². The first-order valence-corrected chi connectivity index (χ1v) is 7.22. The summed E-state index contributed by atoms with van der Waals surface area (Å²) in [5.74, 6) is -0.402. The van der Waals surface area contributed by atoms with Gasteiger partial charge < -0.3 is 0 Å². The highest BCUT2D eigenvalue weighted by atomic mass is 35.5. The van der Waals surface area contributed by atoms with Gasteiger partial charge in [0.15, 0.2) is 12.7 Å². The number of carbonyl (C=O) groups excluding carboxylic acids is 2. The molecular weight excluding hydrogens is 304 g/mol. The Hall–Kier alpha value is -2.14. The number of ketones is 1. The summed E-state index contributed by atoms with van der Waals surface area (Å²) in [6.07, 6.45) is 4.81. The minimum Gasteiger partial charge on any atom is -0.290 e. The molecule has 22 heavy (non-hydrogen) atoms. The van der Waals surface area contributed by atoms with E-state index in [0.29, 0.717) is 10.6 Å². The fraction of sp³-hybridized carbons (Fsp3) is 0.312. The molecule has 0 aliphatic rings. The highest BCUT2D eigenvalue weighted by molar-refractivity contribution is 6.30. The molecule has 2 aromatic rings. The zero-order valence-electron chi connectivity index (χ0n) is 12.7. The summed E-state index contributed by atoms with van der Waals surface area (Å²) in [4.78, 5) is 29.1. The Morgan fingerprint density at radius 2 is 1.86 bits per heavy atom. The van der Waals surface area contributed by atoms with Crippen LogP contribution < -0.4 is 9.40 Å². The lowest BCUT2D eigenvalue weighted by molar-refractivity contribution is -0.683. The topological polar surface area (TPSA) is 52.2 Å². The van der Waals surface area contributed by atoms with E-state index in [4.69, 9.17) is 16.4 Å². The molecule has 0 atom stereocenters. The third-order valence-corrected chi connectivity index (χ3v) is 3.21. The first-order chi connectivity index (χ1) is 10.3. The van der Waals surface area contributed by atoms with E-state index in [1.807, 2.05) is 0 Å². The van der Waals surface area contributed by atoms with E-state index in [1.54, 1.807) is 68.3 Å². The lowest BCUT2D eigenvalue weighted by atomic mass is 9.98. The lowest BCUT2D eigenvalue weighted by Gasteiger charge is -2.12. The van der Waals surface area contributed by atoms with Crippen LogP contribution in [0.15, 0.2) is 43.0 Å². The molecule has 2 rings (SSSR count). The van der Waals surface area contributed by atoms with E-state index < -0.39 is 5.41 Å². The molecule has 116 valence electrons. The number of carbonyl (C=O) groups is 2. The zero-order chi connectivity index (χ0) is 16.3. The van der Waals surface area contributed by atoms with E-state index in [2.05, 4.69) is 0 Å². The third kappa shape index (κ3) is 4.18. The van der Waals surface area contributed by atoms with Crippen molar-refractivity contribution >= 4 is 23.4 Å². The smallest absolute Gasteiger partial charge is 0.290 e. The summed E-state index contributed by atoms with van der Waals surface area (Å²) in [5.41, 5.74) is -0.00912. The molecule has 0 aliphatic heterocycles. The number of Topliss-reactive ketones (excluding diaryl/α,β-unsaturated/α-hetero) is 1. The lowest BCUT2D eigenvalue weighted by Crippen LogP contribution is -2.37. The van der Waals surface area contributed by atoms with Crippen LogP contribution >= 0.6 is 11.6 Å². The van der Waals surface area contributed by atoms with E-state index in [0.717, 1.165) is 0 Å². The fourth-order valence-corrected chi connectivity index (χ4v) is 1.77. The van der Waals surface area contributed by atoms with Crippen molar-refractivity contribution in [2.75, 3.05) is 0 Å². The molecule has 5 nitrogen and oxygen atoms in total. The molecule has 0 radical (unpaired) electrons. The van der Waals surface area contributed by atoms with Gasteiger partial charge in [-0.2, -0.15) is 0 Å². The van der Waals surface area contributed by atoms with Crippen LogP contribution in [-0.4, -0.2) is 16.5 Å². The molecule has 0 spiro atoms. The molecule has 1 heterocycles. The van der Waals surface area contributed by atoms with Crippen LogP contribution in [0.3, 0.4) is 0 Å². The van der Waals surface area contributed by atoms with Crippen LogP contribution in [0, 0.1) is 5.41 Å². The molecule has 1 aromatic heterocycles. The second kappa shape index (κ2) is 6.32. The normalized spacial score (nSPS) is 11.3. The number of halogens is 1. The van der Waals surface area contributed by atoms with Crippen molar-refractivity contribution < 1.29 is 19.0 Å². The van der Waals surface area contributed by atoms with Gasteiger partial charge in [-0.3, -0.25) is 9.63 Å². The zero-order valence-corrected chi connectivity index (χ0v) is 13.5. The molecule has 0 fully saturated rings. The number of nitrogens with zero attached hydrogens (tertiary/aromatic N) is 2. The van der Waals surface area contributed by atoms with Crippen molar-refractivity contribution in [3.8, 4) is 0 Å². The van der Waals surface area contributed by atoms with Crippen molar-refractivity contribution in [2.24, 2.45) is 5.41 Å². The Morgan fingerprint density at radius 3 is 2.45 bits per heavy atom. The Labute approximate surface area is 134 Å². The van der Waals surface area contributed by atoms with Gasteiger partial charge in [-0.15, -0.1) is 0 Å². The van der Waals surface area contributed by atoms with Gasteiger partial charge in [0.2, 0.25) is 5.78 Å². The summed E-state index contributed by atoms with van der Waals surface area (Å²) < 4.78 is 2.94. The van der Waals surface area contributed by atoms with Gasteiger partial charge in [-0.05, 0) is 49.8 Å². The summed E-state index contributed by atoms with van der Waals surface area (Å²) in [6.45, 7) is 5.48. The molecule has 0 unspecified atom stereocenters. The highest BCUT2D eigenvalue weighted by Gasteiger charge is 2.26. The van der Waals surface area contributed by atoms with Gasteiger partial charge >= 0.3 is 5.97 Å². The predicted molar refractivity (Wildman–Crippen MR) is 81.5 cm³/mol. The van der Waals surface area contributed by atoms with E-state index in [-0.39, 0.29) is 18.3 Å². The molecule has 0 aliphatic carbocycles. The van der Waals surface area contributed by atoms with Gasteiger partial charge in [0, 0.05) is 10.6 Å². The number of imidazole rings is 1. The van der Waals surface area contributed by atoms with Gasteiger partial charge in [0.05, 0.1) is 5.41 Å². The van der Waals surface area contributed by atoms with Gasteiger partial charge in [0.25, 0.3) is 6.33 Å². The summed E-state index contributed by atoms with van der Waals surface area (Å²) in [7, 11) is 0. The first-order valence-electron chi connectivity index (χ1n) is 6.84. The van der Waals surface area contributed by atoms with Crippen LogP contribution in [0.25, 0.3) is 0 Å². The van der Waals surface area contributed by atoms with Crippen molar-refractivity contribution in [1.82, 2.24) is 4.73 Å². The quantitative estimate of drug-likeness (QED) is 0.641. The Kier molecular flexibility index (Phi) is 4.66. The largest absolute Gasteiger partial charge is 0.363 e. The fourth-order valence-electron chi connectivity index (χ4n) is 1.65. The van der Waals surface area contributed by atoms with E-state index in [9.17, 15) is 9.59 Å². The van der Waals surface area contributed by atoms with Crippen molar-refractivity contribution in [2.45, 2.75) is 27.3 Å². The third-order valence-electron chi connectivity index (χ3n) is 2.96. The Morgan fingerprint density at radius 1 is 1.23 bits per heavy atom. The van der Waals surface area contributed by atoms with Crippen LogP contribution in [-0.2, 0) is 11.3 Å². The predicted octanol–water partition coefficient (Wildman–Crippen LogP) is 2.31. The number of benzene rings is 1. The maximum atomic E-state index is 12.1. The summed E-state index contributed by atoms with van der Waals surface area (Å²) >= 11 is 5.80. The second-order valence-corrected chi connectivity index (χ2v) is 6.44. The maximum Gasteiger partial charge on any atom is 0.363 e. The molecule has 6 heteroatoms. The van der Waals surface area contributed by atoms with Crippen LogP contribution in [0.1, 0.15) is 31.1 Å². The number of rotatable bonds is 4. The van der Waals surface area contributed by atoms with Crippen LogP contribution in [0.4, 0.5) is 0 Å². The van der Waals surface area contributed by atoms with Crippen LogP contribution in [0.2, 0.25) is 5.02 Å². The number of aromatic nitrogens is 2. The van der Waals surface area contributed by atoms with E-state index in [1.165, 1.54) is 4.73 Å². The molecular formula is C16H18ClN2O3+. The minimum atomic E-state index is -0.589. The van der Waals surface area contributed by atoms with Crippen LogP contribution in [0.5, 0.6) is 0 Å². The monoisotopic (exact) mass is 321 g/mol. The van der Waals surface area contributed by atoms with Gasteiger partial charge in [-0.25, -0.2) is 9.36 Å². The standard InChI is InChI=1S/C16H18ClN2O3/c1-16(2,3)15(21)22-19-9-8-18(11-19)10-14(20)12-4-6-13(17)7-5-12/h4-9,11H,10H2,1-3H3/q+1. The molecule has 0 amide bonds. The number of hydrogen-bond donors (Lipinski definition) is 0. The average molecular weight is 322 g/mol. The molecule has 0 N–H and O–H groups in total. The summed E-state index contributed by atoms with van der Waals surface area (Å²) in [5, 5.41) is 0.587. The minimum absolute atomic E-state index is 0.0541. The Balaban J connectivity index is 2.01. The molecule has 0 saturated carbocycles. The van der Waals surface area contributed by atoms with Crippen molar-refractivity contribution in [3.63, 3.8) is 0 Å². The first kappa shape index (κ1) is 16.2. The Bertz CT molecular complexity index is 684. The van der Waals surface area contributed by atoms with Gasteiger partial charge in [-0.1, -0.05) is 11.6 Å². The molecule has 0 bridgehead atoms. The second-order valence-electron chi connectivity index (χ2n) is 6.00. The molecule has 0 saturated heterocycles. The van der Waals surface area contributed by atoms with E-state index >= 15 is 0 Å². The average Bonchev–Trinajstić information content (AvgIpc) is 2.85. The highest BCUT2D eigenvalue weighted by Crippen LogP contribution is 2.13. The summed E-state index contributed by atoms with van der Waals surface area (Å²) in [6, 6.07) is 6.72.